The van der Waals surface area contributed by atoms with Gasteiger partial charge < -0.3 is 9.47 Å². The van der Waals surface area contributed by atoms with E-state index in [0.29, 0.717) is 5.69 Å². The zero-order valence-electron chi connectivity index (χ0n) is 10.5. The van der Waals surface area contributed by atoms with Crippen LogP contribution in [-0.2, 0) is 9.47 Å². The Balaban J connectivity index is 2.53. The highest BCUT2D eigenvalue weighted by Crippen LogP contribution is 2.17. The number of aromatic nitrogens is 2. The van der Waals surface area contributed by atoms with Crippen molar-refractivity contribution >= 4 is 11.9 Å². The summed E-state index contributed by atoms with van der Waals surface area (Å²) in [5.41, 5.74) is 0.950. The number of carbonyl (C=O) groups excluding carboxylic acids is 2. The van der Waals surface area contributed by atoms with Crippen molar-refractivity contribution in [3.8, 4) is 5.69 Å². The lowest BCUT2D eigenvalue weighted by atomic mass is 10.1. The third-order valence-corrected chi connectivity index (χ3v) is 2.58. The number of ether oxygens (including phenoxy) is 2. The molecule has 1 aromatic carbocycles. The second-order valence-corrected chi connectivity index (χ2v) is 3.66. The predicted molar refractivity (Wildman–Crippen MR) is 66.2 cm³/mol. The molecule has 0 fully saturated rings. The Labute approximate surface area is 109 Å². The molecule has 6 heteroatoms. The number of hydrogen-bond acceptors (Lipinski definition) is 5. The van der Waals surface area contributed by atoms with Crippen molar-refractivity contribution < 1.29 is 19.1 Å². The SMILES string of the molecule is COC(=O)c1ccc(-n2cccn2)cc1C(=O)OC. The lowest BCUT2D eigenvalue weighted by Crippen LogP contribution is -2.12. The zero-order chi connectivity index (χ0) is 13.8. The van der Waals surface area contributed by atoms with Gasteiger partial charge in [-0.2, -0.15) is 5.10 Å². The maximum absolute atomic E-state index is 11.7. The van der Waals surface area contributed by atoms with E-state index in [1.807, 2.05) is 0 Å². The molecule has 0 saturated heterocycles. The van der Waals surface area contributed by atoms with Crippen LogP contribution in [0.5, 0.6) is 0 Å². The number of hydrogen-bond donors (Lipinski definition) is 0. The fourth-order valence-corrected chi connectivity index (χ4v) is 1.66. The second-order valence-electron chi connectivity index (χ2n) is 3.66. The van der Waals surface area contributed by atoms with Gasteiger partial charge in [-0.15, -0.1) is 0 Å². The Kier molecular flexibility index (Phi) is 3.61. The molecule has 0 aliphatic carbocycles. The van der Waals surface area contributed by atoms with E-state index >= 15 is 0 Å². The first-order valence-electron chi connectivity index (χ1n) is 5.48. The van der Waals surface area contributed by atoms with Crippen LogP contribution in [0.15, 0.2) is 36.7 Å². The standard InChI is InChI=1S/C13H12N2O4/c1-18-12(16)10-5-4-9(15-7-3-6-14-15)8-11(10)13(17)19-2/h3-8H,1-2H3. The Hall–Kier alpha value is -2.63. The number of rotatable bonds is 3. The van der Waals surface area contributed by atoms with Crippen molar-refractivity contribution in [1.29, 1.82) is 0 Å². The maximum atomic E-state index is 11.7. The van der Waals surface area contributed by atoms with Crippen LogP contribution in [0.4, 0.5) is 0 Å². The van der Waals surface area contributed by atoms with Gasteiger partial charge in [0.25, 0.3) is 0 Å². The molecular weight excluding hydrogens is 248 g/mol. The predicted octanol–water partition coefficient (Wildman–Crippen LogP) is 1.45. The van der Waals surface area contributed by atoms with Crippen molar-refractivity contribution in [3.63, 3.8) is 0 Å². The number of carbonyl (C=O) groups is 2. The first-order valence-corrected chi connectivity index (χ1v) is 5.48. The Morgan fingerprint density at radius 2 is 1.79 bits per heavy atom. The summed E-state index contributed by atoms with van der Waals surface area (Å²) >= 11 is 0. The summed E-state index contributed by atoms with van der Waals surface area (Å²) < 4.78 is 10.9. The number of esters is 2. The fraction of sp³-hybridized carbons (Fsp3) is 0.154. The molecule has 1 aromatic heterocycles. The molecule has 2 aromatic rings. The molecule has 1 heterocycles. The maximum Gasteiger partial charge on any atom is 0.338 e. The van der Waals surface area contributed by atoms with Crippen LogP contribution in [0.1, 0.15) is 20.7 Å². The average molecular weight is 260 g/mol. The van der Waals surface area contributed by atoms with E-state index in [2.05, 4.69) is 14.6 Å². The summed E-state index contributed by atoms with van der Waals surface area (Å²) in [5, 5.41) is 4.06. The highest BCUT2D eigenvalue weighted by atomic mass is 16.5. The van der Waals surface area contributed by atoms with Crippen LogP contribution in [0.25, 0.3) is 5.69 Å². The highest BCUT2D eigenvalue weighted by Gasteiger charge is 2.19. The molecule has 0 atom stereocenters. The molecule has 0 aliphatic rings. The van der Waals surface area contributed by atoms with Crippen LogP contribution >= 0.6 is 0 Å². The van der Waals surface area contributed by atoms with Gasteiger partial charge in [-0.25, -0.2) is 14.3 Å². The highest BCUT2D eigenvalue weighted by molar-refractivity contribution is 6.03. The van der Waals surface area contributed by atoms with E-state index < -0.39 is 11.9 Å². The summed E-state index contributed by atoms with van der Waals surface area (Å²) in [6.45, 7) is 0. The van der Waals surface area contributed by atoms with Crippen molar-refractivity contribution in [3.05, 3.63) is 47.8 Å². The van der Waals surface area contributed by atoms with E-state index in [1.54, 1.807) is 29.2 Å². The minimum Gasteiger partial charge on any atom is -0.465 e. The molecule has 2 rings (SSSR count). The first-order chi connectivity index (χ1) is 9.17. The van der Waals surface area contributed by atoms with Gasteiger partial charge in [-0.3, -0.25) is 0 Å². The van der Waals surface area contributed by atoms with Crippen LogP contribution in [0.3, 0.4) is 0 Å². The Morgan fingerprint density at radius 3 is 2.37 bits per heavy atom. The molecular formula is C13H12N2O4. The van der Waals surface area contributed by atoms with Crippen LogP contribution in [-0.4, -0.2) is 35.9 Å². The quantitative estimate of drug-likeness (QED) is 0.781. The number of benzene rings is 1. The number of nitrogens with zero attached hydrogens (tertiary/aromatic N) is 2. The normalized spacial score (nSPS) is 10.0. The summed E-state index contributed by atoms with van der Waals surface area (Å²) in [7, 11) is 2.51. The van der Waals surface area contributed by atoms with Crippen LogP contribution < -0.4 is 0 Å². The van der Waals surface area contributed by atoms with E-state index in [0.717, 1.165) is 0 Å². The molecule has 0 bridgehead atoms. The first kappa shape index (κ1) is 12.8. The minimum atomic E-state index is -0.602. The second kappa shape index (κ2) is 5.34. The summed E-state index contributed by atoms with van der Waals surface area (Å²) in [6, 6.07) is 6.47. The molecule has 0 radical (unpaired) electrons. The Morgan fingerprint density at radius 1 is 1.11 bits per heavy atom. The van der Waals surface area contributed by atoms with E-state index in [1.165, 1.54) is 26.4 Å². The van der Waals surface area contributed by atoms with Gasteiger partial charge in [-0.1, -0.05) is 0 Å². The van der Waals surface area contributed by atoms with E-state index in [-0.39, 0.29) is 11.1 Å². The van der Waals surface area contributed by atoms with Crippen LogP contribution in [0, 0.1) is 0 Å². The summed E-state index contributed by atoms with van der Waals surface area (Å²) in [5.74, 6) is -1.19. The average Bonchev–Trinajstić information content (AvgIpc) is 2.99. The van der Waals surface area contributed by atoms with Gasteiger partial charge in [0.2, 0.25) is 0 Å². The summed E-state index contributed by atoms with van der Waals surface area (Å²) in [4.78, 5) is 23.3. The molecule has 0 N–H and O–H groups in total. The third kappa shape index (κ3) is 2.47. The Bertz CT molecular complexity index is 605. The molecule has 19 heavy (non-hydrogen) atoms. The lowest BCUT2D eigenvalue weighted by Gasteiger charge is -2.09. The largest absolute Gasteiger partial charge is 0.465 e. The van der Waals surface area contributed by atoms with Gasteiger partial charge in [0.15, 0.2) is 0 Å². The van der Waals surface area contributed by atoms with Crippen molar-refractivity contribution in [2.75, 3.05) is 14.2 Å². The minimum absolute atomic E-state index is 0.141. The monoisotopic (exact) mass is 260 g/mol. The van der Waals surface area contributed by atoms with Crippen molar-refractivity contribution in [2.45, 2.75) is 0 Å². The van der Waals surface area contributed by atoms with Gasteiger partial charge >= 0.3 is 11.9 Å². The summed E-state index contributed by atoms with van der Waals surface area (Å²) in [6.07, 6.45) is 3.35. The van der Waals surface area contributed by atoms with Gasteiger partial charge in [-0.05, 0) is 24.3 Å². The third-order valence-electron chi connectivity index (χ3n) is 2.58. The molecule has 0 unspecified atom stereocenters. The van der Waals surface area contributed by atoms with Gasteiger partial charge in [0.05, 0.1) is 31.0 Å². The molecule has 0 aliphatic heterocycles. The van der Waals surface area contributed by atoms with E-state index in [9.17, 15) is 9.59 Å². The van der Waals surface area contributed by atoms with Gasteiger partial charge in [0.1, 0.15) is 0 Å². The molecule has 0 spiro atoms. The fourth-order valence-electron chi connectivity index (χ4n) is 1.66. The molecule has 0 amide bonds. The van der Waals surface area contributed by atoms with Crippen molar-refractivity contribution in [2.24, 2.45) is 0 Å². The topological polar surface area (TPSA) is 70.4 Å². The molecule has 6 nitrogen and oxygen atoms in total. The van der Waals surface area contributed by atoms with Gasteiger partial charge in [0, 0.05) is 12.4 Å². The number of methoxy groups -OCH3 is 2. The molecule has 0 saturated carbocycles. The molecule has 98 valence electrons. The zero-order valence-corrected chi connectivity index (χ0v) is 10.5. The lowest BCUT2D eigenvalue weighted by molar-refractivity contribution is 0.0555. The smallest absolute Gasteiger partial charge is 0.338 e. The van der Waals surface area contributed by atoms with Crippen LogP contribution in [0.2, 0.25) is 0 Å². The van der Waals surface area contributed by atoms with Crippen molar-refractivity contribution in [1.82, 2.24) is 9.78 Å². The van der Waals surface area contributed by atoms with E-state index in [4.69, 9.17) is 0 Å².